The lowest BCUT2D eigenvalue weighted by atomic mass is 10.1. The zero-order valence-electron chi connectivity index (χ0n) is 16.5. The van der Waals surface area contributed by atoms with Crippen LogP contribution in [-0.2, 0) is 16.2 Å². The van der Waals surface area contributed by atoms with E-state index in [2.05, 4.69) is 5.32 Å². The Hall–Kier alpha value is -2.30. The highest BCUT2D eigenvalue weighted by Crippen LogP contribution is 2.34. The summed E-state index contributed by atoms with van der Waals surface area (Å²) in [6.07, 6.45) is -2.21. The van der Waals surface area contributed by atoms with Crippen LogP contribution >= 0.6 is 11.6 Å². The van der Waals surface area contributed by atoms with Crippen molar-refractivity contribution in [2.75, 3.05) is 25.5 Å². The van der Waals surface area contributed by atoms with Gasteiger partial charge in [0.25, 0.3) is 5.91 Å². The lowest BCUT2D eigenvalue weighted by molar-refractivity contribution is -0.137. The second kappa shape index (κ2) is 9.05. The van der Waals surface area contributed by atoms with Crippen molar-refractivity contribution >= 4 is 33.2 Å². The number of sulfonamides is 1. The highest BCUT2D eigenvalue weighted by Gasteiger charge is 2.32. The Morgan fingerprint density at radius 1 is 1.10 bits per heavy atom. The Morgan fingerprint density at radius 3 is 2.39 bits per heavy atom. The number of methoxy groups -OCH3 is 1. The summed E-state index contributed by atoms with van der Waals surface area (Å²) in [5.41, 5.74) is -1.28. The number of hydrogen-bond acceptors (Lipinski definition) is 4. The third-order valence-electron chi connectivity index (χ3n) is 4.90. The molecule has 0 bridgehead atoms. The molecule has 0 radical (unpaired) electrons. The molecule has 0 unspecified atom stereocenters. The second-order valence-corrected chi connectivity index (χ2v) is 9.29. The van der Waals surface area contributed by atoms with Gasteiger partial charge in [0.05, 0.1) is 23.4 Å². The van der Waals surface area contributed by atoms with Crippen LogP contribution in [0.3, 0.4) is 0 Å². The van der Waals surface area contributed by atoms with Crippen LogP contribution < -0.4 is 10.1 Å². The van der Waals surface area contributed by atoms with E-state index >= 15 is 0 Å². The number of rotatable bonds is 5. The van der Waals surface area contributed by atoms with Crippen LogP contribution in [0.4, 0.5) is 18.9 Å². The number of nitrogens with zero attached hydrogens (tertiary/aromatic N) is 1. The molecule has 1 aliphatic rings. The average Bonchev–Trinajstić information content (AvgIpc) is 2.74. The molecule has 2 aromatic rings. The Morgan fingerprint density at radius 2 is 1.77 bits per heavy atom. The monoisotopic (exact) mass is 476 g/mol. The Bertz CT molecular complexity index is 1080. The lowest BCUT2D eigenvalue weighted by Gasteiger charge is -2.26. The third-order valence-corrected chi connectivity index (χ3v) is 7.15. The first-order valence-corrected chi connectivity index (χ1v) is 11.2. The minimum atomic E-state index is -4.61. The van der Waals surface area contributed by atoms with Gasteiger partial charge in [-0.2, -0.15) is 17.5 Å². The fourth-order valence-corrected chi connectivity index (χ4v) is 5.12. The van der Waals surface area contributed by atoms with Crippen molar-refractivity contribution < 1.29 is 31.1 Å². The molecule has 168 valence electrons. The molecule has 1 N–H and O–H groups in total. The number of piperidine rings is 1. The summed E-state index contributed by atoms with van der Waals surface area (Å²) in [4.78, 5) is 12.5. The Labute approximate surface area is 183 Å². The second-order valence-electron chi connectivity index (χ2n) is 6.98. The smallest absolute Gasteiger partial charge is 0.416 e. The lowest BCUT2D eigenvalue weighted by Crippen LogP contribution is -2.35. The van der Waals surface area contributed by atoms with Gasteiger partial charge in [-0.25, -0.2) is 8.42 Å². The number of anilines is 1. The van der Waals surface area contributed by atoms with Crippen molar-refractivity contribution in [3.8, 4) is 5.75 Å². The van der Waals surface area contributed by atoms with Gasteiger partial charge >= 0.3 is 6.18 Å². The predicted octanol–water partition coefficient (Wildman–Crippen LogP) is 4.79. The fourth-order valence-electron chi connectivity index (χ4n) is 3.26. The minimum absolute atomic E-state index is 0.0649. The predicted molar refractivity (Wildman–Crippen MR) is 110 cm³/mol. The number of amides is 1. The summed E-state index contributed by atoms with van der Waals surface area (Å²) in [5.74, 6) is -0.738. The molecule has 1 amide bonds. The minimum Gasteiger partial charge on any atom is -0.495 e. The highest BCUT2D eigenvalue weighted by molar-refractivity contribution is 7.89. The summed E-state index contributed by atoms with van der Waals surface area (Å²) in [6, 6.07) is 6.36. The van der Waals surface area contributed by atoms with Gasteiger partial charge < -0.3 is 10.1 Å². The summed E-state index contributed by atoms with van der Waals surface area (Å²) in [6.45, 7) is 0.726. The molecule has 0 saturated carbocycles. The standard InChI is InChI=1S/C20H20ClF3N2O4S/c1-30-17-8-5-13(11-18(17)31(28,29)26-9-3-2-4-10-26)19(27)25-16-12-14(20(22,23)24)6-7-15(16)21/h5-8,11-12H,2-4,9-10H2,1H3,(H,25,27). The molecule has 1 fully saturated rings. The van der Waals surface area contributed by atoms with E-state index in [0.717, 1.165) is 43.5 Å². The van der Waals surface area contributed by atoms with Crippen molar-refractivity contribution in [2.24, 2.45) is 0 Å². The molecule has 6 nitrogen and oxygen atoms in total. The number of hydrogen-bond donors (Lipinski definition) is 1. The zero-order valence-corrected chi connectivity index (χ0v) is 18.1. The first-order valence-electron chi connectivity index (χ1n) is 9.40. The number of ether oxygens (including phenoxy) is 1. The van der Waals surface area contributed by atoms with Crippen molar-refractivity contribution in [3.05, 3.63) is 52.5 Å². The first-order chi connectivity index (χ1) is 14.5. The van der Waals surface area contributed by atoms with E-state index in [1.807, 2.05) is 0 Å². The molecule has 3 rings (SSSR count). The van der Waals surface area contributed by atoms with E-state index in [-0.39, 0.29) is 26.9 Å². The fraction of sp³-hybridized carbons (Fsp3) is 0.350. The van der Waals surface area contributed by atoms with Crippen molar-refractivity contribution in [3.63, 3.8) is 0 Å². The van der Waals surface area contributed by atoms with E-state index in [4.69, 9.17) is 16.3 Å². The average molecular weight is 477 g/mol. The molecule has 0 aromatic heterocycles. The highest BCUT2D eigenvalue weighted by atomic mass is 35.5. The molecule has 11 heteroatoms. The van der Waals surface area contributed by atoms with E-state index in [9.17, 15) is 26.4 Å². The van der Waals surface area contributed by atoms with E-state index in [1.54, 1.807) is 0 Å². The largest absolute Gasteiger partial charge is 0.495 e. The van der Waals surface area contributed by atoms with Crippen molar-refractivity contribution in [1.82, 2.24) is 4.31 Å². The van der Waals surface area contributed by atoms with Crippen LogP contribution in [0, 0.1) is 0 Å². The van der Waals surface area contributed by atoms with E-state index in [0.29, 0.717) is 13.1 Å². The third kappa shape index (κ3) is 5.13. The maximum atomic E-state index is 13.1. The molecule has 0 spiro atoms. The molecule has 1 heterocycles. The Kier molecular flexibility index (Phi) is 6.82. The number of benzene rings is 2. The van der Waals surface area contributed by atoms with E-state index in [1.165, 1.54) is 23.5 Å². The van der Waals surface area contributed by atoms with E-state index < -0.39 is 27.7 Å². The summed E-state index contributed by atoms with van der Waals surface area (Å²) in [5, 5.41) is 2.23. The van der Waals surface area contributed by atoms with Gasteiger partial charge in [0.2, 0.25) is 10.0 Å². The van der Waals surface area contributed by atoms with Crippen LogP contribution in [0.1, 0.15) is 35.2 Å². The van der Waals surface area contributed by atoms with Gasteiger partial charge in [-0.3, -0.25) is 4.79 Å². The number of carbonyl (C=O) groups is 1. The van der Waals surface area contributed by atoms with Crippen molar-refractivity contribution in [2.45, 2.75) is 30.3 Å². The molecular formula is C20H20ClF3N2O4S. The molecule has 1 aliphatic heterocycles. The number of nitrogens with one attached hydrogen (secondary N) is 1. The van der Waals surface area contributed by atoms with Gasteiger partial charge in [-0.05, 0) is 49.2 Å². The maximum absolute atomic E-state index is 13.1. The number of carbonyl (C=O) groups excluding carboxylic acids is 1. The van der Waals surface area contributed by atoms with Crippen LogP contribution in [0.15, 0.2) is 41.3 Å². The molecule has 0 aliphatic carbocycles. The normalized spacial score (nSPS) is 15.5. The number of halogens is 4. The summed E-state index contributed by atoms with van der Waals surface area (Å²) >= 11 is 5.93. The van der Waals surface area contributed by atoms with Crippen LogP contribution in [0.2, 0.25) is 5.02 Å². The summed E-state index contributed by atoms with van der Waals surface area (Å²) < 4.78 is 71.5. The molecular weight excluding hydrogens is 457 g/mol. The summed E-state index contributed by atoms with van der Waals surface area (Å²) in [7, 11) is -2.60. The molecule has 2 aromatic carbocycles. The zero-order chi connectivity index (χ0) is 22.8. The van der Waals surface area contributed by atoms with Gasteiger partial charge in [0.15, 0.2) is 0 Å². The van der Waals surface area contributed by atoms with Crippen LogP contribution in [-0.4, -0.2) is 38.8 Å². The molecule has 0 atom stereocenters. The maximum Gasteiger partial charge on any atom is 0.416 e. The topological polar surface area (TPSA) is 75.7 Å². The number of alkyl halides is 3. The van der Waals surface area contributed by atoms with Crippen LogP contribution in [0.5, 0.6) is 5.75 Å². The van der Waals surface area contributed by atoms with Crippen LogP contribution in [0.25, 0.3) is 0 Å². The molecule has 1 saturated heterocycles. The van der Waals surface area contributed by atoms with Gasteiger partial charge in [-0.15, -0.1) is 0 Å². The van der Waals surface area contributed by atoms with Gasteiger partial charge in [0, 0.05) is 18.7 Å². The first kappa shape index (κ1) is 23.4. The quantitative estimate of drug-likeness (QED) is 0.673. The van der Waals surface area contributed by atoms with Gasteiger partial charge in [0.1, 0.15) is 10.6 Å². The van der Waals surface area contributed by atoms with Crippen molar-refractivity contribution in [1.29, 1.82) is 0 Å². The SMILES string of the molecule is COc1ccc(C(=O)Nc2cc(C(F)(F)F)ccc2Cl)cc1S(=O)(=O)N1CCCCC1. The van der Waals surface area contributed by atoms with Gasteiger partial charge in [-0.1, -0.05) is 18.0 Å². The Balaban J connectivity index is 1.94. The molecule has 31 heavy (non-hydrogen) atoms.